The van der Waals surface area contributed by atoms with Crippen LogP contribution >= 0.6 is 23.4 Å². The first kappa shape index (κ1) is 13.1. The van der Waals surface area contributed by atoms with Crippen molar-refractivity contribution in [3.63, 3.8) is 0 Å². The number of nitro groups is 1. The van der Waals surface area contributed by atoms with Gasteiger partial charge in [-0.3, -0.25) is 10.1 Å². The third-order valence-corrected chi connectivity index (χ3v) is 3.01. The van der Waals surface area contributed by atoms with Crippen LogP contribution in [0.3, 0.4) is 0 Å². The highest BCUT2D eigenvalue weighted by molar-refractivity contribution is 7.98. The van der Waals surface area contributed by atoms with Gasteiger partial charge in [0.1, 0.15) is 0 Å². The smallest absolute Gasteiger partial charge is 0.258 e. The molecule has 0 fully saturated rings. The molecule has 0 saturated heterocycles. The Balaban J connectivity index is 3.49. The number of alkyl halides is 3. The largest absolute Gasteiger partial charge is 0.417 e. The summed E-state index contributed by atoms with van der Waals surface area (Å²) in [6, 6.07) is 1.39. The molecule has 1 aromatic rings. The van der Waals surface area contributed by atoms with Gasteiger partial charge in [0.05, 0.1) is 15.5 Å². The fourth-order valence-corrected chi connectivity index (χ4v) is 2.20. The Morgan fingerprint density at radius 3 is 2.38 bits per heavy atom. The first-order chi connectivity index (χ1) is 7.27. The van der Waals surface area contributed by atoms with Crippen molar-refractivity contribution in [1.29, 1.82) is 0 Å². The number of hydrogen-bond donors (Lipinski definition) is 0. The van der Waals surface area contributed by atoms with Gasteiger partial charge in [0.25, 0.3) is 5.69 Å². The van der Waals surface area contributed by atoms with E-state index in [0.29, 0.717) is 6.07 Å². The van der Waals surface area contributed by atoms with Gasteiger partial charge in [0, 0.05) is 17.0 Å². The van der Waals surface area contributed by atoms with Crippen molar-refractivity contribution in [2.75, 3.05) is 6.26 Å². The van der Waals surface area contributed by atoms with Gasteiger partial charge in [-0.25, -0.2) is 0 Å². The van der Waals surface area contributed by atoms with Crippen LogP contribution < -0.4 is 0 Å². The van der Waals surface area contributed by atoms with Crippen LogP contribution in [0.1, 0.15) is 5.56 Å². The quantitative estimate of drug-likeness (QED) is 0.464. The molecule has 0 saturated carbocycles. The third kappa shape index (κ3) is 2.59. The van der Waals surface area contributed by atoms with Gasteiger partial charge in [0.2, 0.25) is 0 Å². The topological polar surface area (TPSA) is 43.1 Å². The fraction of sp³-hybridized carbons (Fsp3) is 0.250. The third-order valence-electron chi connectivity index (χ3n) is 1.75. The van der Waals surface area contributed by atoms with Crippen LogP contribution in [-0.4, -0.2) is 11.2 Å². The number of rotatable bonds is 2. The van der Waals surface area contributed by atoms with Gasteiger partial charge < -0.3 is 0 Å². The Morgan fingerprint density at radius 1 is 1.44 bits per heavy atom. The van der Waals surface area contributed by atoms with Gasteiger partial charge >= 0.3 is 6.18 Å². The van der Waals surface area contributed by atoms with Crippen LogP contribution in [0.5, 0.6) is 0 Å². The molecule has 0 N–H and O–H groups in total. The first-order valence-corrected chi connectivity index (χ1v) is 5.46. The molecule has 8 heteroatoms. The van der Waals surface area contributed by atoms with E-state index in [2.05, 4.69) is 0 Å². The van der Waals surface area contributed by atoms with Crippen LogP contribution in [0, 0.1) is 10.1 Å². The fourth-order valence-electron chi connectivity index (χ4n) is 1.10. The lowest BCUT2D eigenvalue weighted by atomic mass is 10.2. The average Bonchev–Trinajstić information content (AvgIpc) is 2.14. The van der Waals surface area contributed by atoms with Crippen LogP contribution in [-0.2, 0) is 6.18 Å². The number of non-ortho nitro benzene ring substituents is 1. The zero-order valence-electron chi connectivity index (χ0n) is 7.84. The Labute approximate surface area is 97.7 Å². The molecule has 3 nitrogen and oxygen atoms in total. The van der Waals surface area contributed by atoms with E-state index in [9.17, 15) is 23.3 Å². The first-order valence-electron chi connectivity index (χ1n) is 3.86. The molecule has 0 unspecified atom stereocenters. The number of halogens is 4. The van der Waals surface area contributed by atoms with Gasteiger partial charge in [0.15, 0.2) is 0 Å². The Morgan fingerprint density at radius 2 is 2.00 bits per heavy atom. The molecule has 0 bridgehead atoms. The molecule has 16 heavy (non-hydrogen) atoms. The van der Waals surface area contributed by atoms with E-state index in [4.69, 9.17) is 11.6 Å². The lowest BCUT2D eigenvalue weighted by molar-refractivity contribution is -0.385. The number of thioether (sulfide) groups is 1. The predicted molar refractivity (Wildman–Crippen MR) is 54.9 cm³/mol. The molecule has 0 radical (unpaired) electrons. The number of hydrogen-bond acceptors (Lipinski definition) is 3. The normalized spacial score (nSPS) is 11.6. The number of nitro benzene ring substituents is 1. The molecule has 1 rings (SSSR count). The van der Waals surface area contributed by atoms with Gasteiger partial charge in [-0.15, -0.1) is 11.8 Å². The predicted octanol–water partition coefficient (Wildman–Crippen LogP) is 3.99. The summed E-state index contributed by atoms with van der Waals surface area (Å²) in [7, 11) is 0. The maximum atomic E-state index is 12.6. The summed E-state index contributed by atoms with van der Waals surface area (Å²) < 4.78 is 37.7. The minimum absolute atomic E-state index is 0.209. The maximum absolute atomic E-state index is 12.6. The standard InChI is InChI=1S/C8H5ClF3NO2S/c1-16-7-5(8(10,11)12)2-4(13(14)15)3-6(7)9/h2-3H,1H3. The molecule has 0 amide bonds. The summed E-state index contributed by atoms with van der Waals surface area (Å²) in [5.41, 5.74) is -1.76. The van der Waals surface area contributed by atoms with Crippen molar-refractivity contribution in [3.8, 4) is 0 Å². The minimum Gasteiger partial charge on any atom is -0.258 e. The van der Waals surface area contributed by atoms with Crippen molar-refractivity contribution in [2.24, 2.45) is 0 Å². The van der Waals surface area contributed by atoms with E-state index in [1.807, 2.05) is 0 Å². The van der Waals surface area contributed by atoms with Crippen molar-refractivity contribution < 1.29 is 18.1 Å². The van der Waals surface area contributed by atoms with Crippen molar-refractivity contribution in [2.45, 2.75) is 11.1 Å². The van der Waals surface area contributed by atoms with Gasteiger partial charge in [-0.2, -0.15) is 13.2 Å². The molecule has 1 aromatic carbocycles. The highest BCUT2D eigenvalue weighted by Crippen LogP contribution is 2.41. The van der Waals surface area contributed by atoms with Crippen molar-refractivity contribution in [1.82, 2.24) is 0 Å². The molecule has 0 aliphatic carbocycles. The van der Waals surface area contributed by atoms with E-state index in [-0.39, 0.29) is 9.92 Å². The Hall–Kier alpha value is -0.950. The lowest BCUT2D eigenvalue weighted by Crippen LogP contribution is -2.08. The second-order valence-corrected chi connectivity index (χ2v) is 3.99. The molecule has 0 spiro atoms. The van der Waals surface area contributed by atoms with Crippen LogP contribution in [0.4, 0.5) is 18.9 Å². The monoisotopic (exact) mass is 271 g/mol. The highest BCUT2D eigenvalue weighted by Gasteiger charge is 2.36. The van der Waals surface area contributed by atoms with E-state index in [1.54, 1.807) is 0 Å². The highest BCUT2D eigenvalue weighted by atomic mass is 35.5. The summed E-state index contributed by atoms with van der Waals surface area (Å²) in [6.45, 7) is 0. The second kappa shape index (κ2) is 4.50. The van der Waals surface area contributed by atoms with Crippen LogP contribution in [0.25, 0.3) is 0 Å². The van der Waals surface area contributed by atoms with Crippen LogP contribution in [0.15, 0.2) is 17.0 Å². The molecule has 0 aliphatic rings. The van der Waals surface area contributed by atoms with E-state index < -0.39 is 22.4 Å². The van der Waals surface area contributed by atoms with E-state index in [1.165, 1.54) is 6.26 Å². The molecule has 0 aliphatic heterocycles. The Bertz CT molecular complexity index is 436. The molecular formula is C8H5ClF3NO2S. The number of benzene rings is 1. The second-order valence-electron chi connectivity index (χ2n) is 2.76. The summed E-state index contributed by atoms with van der Waals surface area (Å²) in [5.74, 6) is 0. The Kier molecular flexibility index (Phi) is 3.69. The summed E-state index contributed by atoms with van der Waals surface area (Å²) in [4.78, 5) is 9.28. The minimum atomic E-state index is -4.66. The molecule has 0 aromatic heterocycles. The SMILES string of the molecule is CSc1c(Cl)cc([N+](=O)[O-])cc1C(F)(F)F. The zero-order chi connectivity index (χ0) is 12.5. The van der Waals surface area contributed by atoms with Gasteiger partial charge in [-0.05, 0) is 6.26 Å². The molecular weight excluding hydrogens is 267 g/mol. The molecule has 0 atom stereocenters. The summed E-state index contributed by atoms with van der Waals surface area (Å²) in [6.07, 6.45) is -3.24. The van der Waals surface area contributed by atoms with Crippen molar-refractivity contribution in [3.05, 3.63) is 32.8 Å². The van der Waals surface area contributed by atoms with Gasteiger partial charge in [-0.1, -0.05) is 11.6 Å². The van der Waals surface area contributed by atoms with Crippen molar-refractivity contribution >= 4 is 29.1 Å². The maximum Gasteiger partial charge on any atom is 0.417 e. The summed E-state index contributed by atoms with van der Waals surface area (Å²) in [5, 5.41) is 10.1. The van der Waals surface area contributed by atoms with Crippen LogP contribution in [0.2, 0.25) is 5.02 Å². The van der Waals surface area contributed by atoms with E-state index >= 15 is 0 Å². The molecule has 0 heterocycles. The average molecular weight is 272 g/mol. The number of nitrogens with zero attached hydrogens (tertiary/aromatic N) is 1. The lowest BCUT2D eigenvalue weighted by Gasteiger charge is -2.12. The molecule has 88 valence electrons. The zero-order valence-corrected chi connectivity index (χ0v) is 9.41. The van der Waals surface area contributed by atoms with E-state index in [0.717, 1.165) is 17.8 Å². The summed E-state index contributed by atoms with van der Waals surface area (Å²) >= 11 is 6.35.